The molecule has 18 heavy (non-hydrogen) atoms. The van der Waals surface area contributed by atoms with Gasteiger partial charge in [-0.1, -0.05) is 0 Å². The zero-order valence-electron chi connectivity index (χ0n) is 10.9. The Morgan fingerprint density at radius 3 is 1.94 bits per heavy atom. The molecule has 0 aromatic heterocycles. The average molecular weight is 274 g/mol. The minimum Gasteiger partial charge on any atom is -0.496 e. The molecule has 0 heterocycles. The maximum absolute atomic E-state index is 6.22. The SMILES string of the molecule is COc1cc(OC)c([C@H](N)C2CC2)cc1OC.Cl. The first-order chi connectivity index (χ1) is 8.21. The summed E-state index contributed by atoms with van der Waals surface area (Å²) in [7, 11) is 4.87. The molecular formula is C13H20ClNO3. The van der Waals surface area contributed by atoms with Gasteiger partial charge in [0.1, 0.15) is 5.75 Å². The van der Waals surface area contributed by atoms with Crippen LogP contribution in [0.15, 0.2) is 12.1 Å². The summed E-state index contributed by atoms with van der Waals surface area (Å²) in [6.45, 7) is 0. The molecule has 1 aliphatic carbocycles. The summed E-state index contributed by atoms with van der Waals surface area (Å²) in [5, 5.41) is 0. The number of methoxy groups -OCH3 is 3. The minimum absolute atomic E-state index is 0. The molecule has 1 aromatic rings. The van der Waals surface area contributed by atoms with Crippen LogP contribution < -0.4 is 19.9 Å². The summed E-state index contributed by atoms with van der Waals surface area (Å²) in [6, 6.07) is 3.77. The number of hydrogen-bond acceptors (Lipinski definition) is 4. The monoisotopic (exact) mass is 273 g/mol. The summed E-state index contributed by atoms with van der Waals surface area (Å²) in [6.07, 6.45) is 2.39. The number of benzene rings is 1. The van der Waals surface area contributed by atoms with Crippen LogP contribution in [0.3, 0.4) is 0 Å². The molecule has 0 unspecified atom stereocenters. The summed E-state index contributed by atoms with van der Waals surface area (Å²) >= 11 is 0. The molecule has 1 aromatic carbocycles. The van der Waals surface area contributed by atoms with E-state index in [2.05, 4.69) is 0 Å². The standard InChI is InChI=1S/C13H19NO3.ClH/c1-15-10-7-12(17-3)11(16-2)6-9(10)13(14)8-4-5-8;/h6-8,13H,4-5,14H2,1-3H3;1H/t13-;/m1./s1. The molecule has 4 nitrogen and oxygen atoms in total. The third-order valence-electron chi connectivity index (χ3n) is 3.22. The van der Waals surface area contributed by atoms with E-state index in [1.165, 1.54) is 12.8 Å². The first-order valence-corrected chi connectivity index (χ1v) is 5.76. The van der Waals surface area contributed by atoms with Crippen LogP contribution in [0.25, 0.3) is 0 Å². The van der Waals surface area contributed by atoms with Crippen molar-refractivity contribution in [2.75, 3.05) is 21.3 Å². The van der Waals surface area contributed by atoms with Crippen molar-refractivity contribution >= 4 is 12.4 Å². The number of rotatable bonds is 5. The third kappa shape index (κ3) is 2.82. The zero-order valence-corrected chi connectivity index (χ0v) is 11.8. The Hall–Kier alpha value is -1.13. The van der Waals surface area contributed by atoms with Crippen LogP contribution in [-0.2, 0) is 0 Å². The lowest BCUT2D eigenvalue weighted by molar-refractivity contribution is 0.346. The van der Waals surface area contributed by atoms with Gasteiger partial charge in [-0.25, -0.2) is 0 Å². The predicted molar refractivity (Wildman–Crippen MR) is 73.0 cm³/mol. The van der Waals surface area contributed by atoms with E-state index in [-0.39, 0.29) is 18.4 Å². The highest BCUT2D eigenvalue weighted by Gasteiger charge is 2.32. The molecule has 2 N–H and O–H groups in total. The Morgan fingerprint density at radius 2 is 1.50 bits per heavy atom. The molecule has 0 radical (unpaired) electrons. The minimum atomic E-state index is 0. The van der Waals surface area contributed by atoms with E-state index in [0.717, 1.165) is 11.3 Å². The molecule has 0 spiro atoms. The molecule has 102 valence electrons. The van der Waals surface area contributed by atoms with Gasteiger partial charge < -0.3 is 19.9 Å². The lowest BCUT2D eigenvalue weighted by Gasteiger charge is -2.18. The molecule has 0 aliphatic heterocycles. The van der Waals surface area contributed by atoms with E-state index in [9.17, 15) is 0 Å². The fourth-order valence-electron chi connectivity index (χ4n) is 2.02. The zero-order chi connectivity index (χ0) is 12.4. The molecule has 1 atom stereocenters. The summed E-state index contributed by atoms with van der Waals surface area (Å²) in [5.41, 5.74) is 7.21. The predicted octanol–water partition coefficient (Wildman–Crippen LogP) is 2.54. The first-order valence-electron chi connectivity index (χ1n) is 5.76. The van der Waals surface area contributed by atoms with Crippen LogP contribution >= 0.6 is 12.4 Å². The maximum atomic E-state index is 6.22. The largest absolute Gasteiger partial charge is 0.496 e. The summed E-state index contributed by atoms with van der Waals surface area (Å²) < 4.78 is 15.9. The number of nitrogens with two attached hydrogens (primary N) is 1. The van der Waals surface area contributed by atoms with Crippen molar-refractivity contribution in [3.63, 3.8) is 0 Å². The smallest absolute Gasteiger partial charge is 0.164 e. The Bertz CT molecular complexity index is 407. The van der Waals surface area contributed by atoms with Gasteiger partial charge in [-0.15, -0.1) is 12.4 Å². The van der Waals surface area contributed by atoms with E-state index in [0.29, 0.717) is 17.4 Å². The van der Waals surface area contributed by atoms with Crippen LogP contribution in [-0.4, -0.2) is 21.3 Å². The van der Waals surface area contributed by atoms with Crippen LogP contribution in [0, 0.1) is 5.92 Å². The second-order valence-corrected chi connectivity index (χ2v) is 4.31. The van der Waals surface area contributed by atoms with Gasteiger partial charge in [-0.3, -0.25) is 0 Å². The quantitative estimate of drug-likeness (QED) is 0.896. The van der Waals surface area contributed by atoms with Crippen molar-refractivity contribution in [3.05, 3.63) is 17.7 Å². The Morgan fingerprint density at radius 1 is 1.00 bits per heavy atom. The van der Waals surface area contributed by atoms with Gasteiger partial charge in [0.05, 0.1) is 21.3 Å². The topological polar surface area (TPSA) is 53.7 Å². The van der Waals surface area contributed by atoms with Crippen molar-refractivity contribution in [3.8, 4) is 17.2 Å². The number of ether oxygens (including phenoxy) is 3. The molecule has 1 aliphatic rings. The summed E-state index contributed by atoms with van der Waals surface area (Å²) in [4.78, 5) is 0. The number of halogens is 1. The highest BCUT2D eigenvalue weighted by atomic mass is 35.5. The maximum Gasteiger partial charge on any atom is 0.164 e. The molecule has 1 saturated carbocycles. The van der Waals surface area contributed by atoms with Crippen molar-refractivity contribution in [2.24, 2.45) is 11.7 Å². The van der Waals surface area contributed by atoms with Gasteiger partial charge in [0.15, 0.2) is 11.5 Å². The van der Waals surface area contributed by atoms with Gasteiger partial charge in [0, 0.05) is 17.7 Å². The van der Waals surface area contributed by atoms with E-state index in [1.54, 1.807) is 21.3 Å². The summed E-state index contributed by atoms with van der Waals surface area (Å²) in [5.74, 6) is 2.69. The first kappa shape index (κ1) is 14.9. The molecule has 0 amide bonds. The Kier molecular flexibility index (Phi) is 5.11. The molecular weight excluding hydrogens is 254 g/mol. The van der Waals surface area contributed by atoms with E-state index in [4.69, 9.17) is 19.9 Å². The molecule has 0 bridgehead atoms. The van der Waals surface area contributed by atoms with Gasteiger partial charge >= 0.3 is 0 Å². The van der Waals surface area contributed by atoms with E-state index in [1.807, 2.05) is 12.1 Å². The van der Waals surface area contributed by atoms with Gasteiger partial charge in [-0.2, -0.15) is 0 Å². The van der Waals surface area contributed by atoms with E-state index < -0.39 is 0 Å². The van der Waals surface area contributed by atoms with Gasteiger partial charge in [0.25, 0.3) is 0 Å². The van der Waals surface area contributed by atoms with Crippen LogP contribution in [0.2, 0.25) is 0 Å². The third-order valence-corrected chi connectivity index (χ3v) is 3.22. The van der Waals surface area contributed by atoms with Gasteiger partial charge in [0.2, 0.25) is 0 Å². The number of hydrogen-bond donors (Lipinski definition) is 1. The highest BCUT2D eigenvalue weighted by Crippen LogP contribution is 2.45. The molecule has 2 rings (SSSR count). The normalized spacial score (nSPS) is 15.6. The Balaban J connectivity index is 0.00000162. The second-order valence-electron chi connectivity index (χ2n) is 4.31. The average Bonchev–Trinajstić information content (AvgIpc) is 3.20. The van der Waals surface area contributed by atoms with Crippen molar-refractivity contribution in [1.29, 1.82) is 0 Å². The fraction of sp³-hybridized carbons (Fsp3) is 0.538. The fourth-order valence-corrected chi connectivity index (χ4v) is 2.02. The molecule has 0 saturated heterocycles. The van der Waals surface area contributed by atoms with Crippen LogP contribution in [0.4, 0.5) is 0 Å². The lowest BCUT2D eigenvalue weighted by atomic mass is 10.0. The van der Waals surface area contributed by atoms with Crippen LogP contribution in [0.5, 0.6) is 17.2 Å². The van der Waals surface area contributed by atoms with E-state index >= 15 is 0 Å². The van der Waals surface area contributed by atoms with Crippen molar-refractivity contribution in [2.45, 2.75) is 18.9 Å². The van der Waals surface area contributed by atoms with Crippen molar-refractivity contribution < 1.29 is 14.2 Å². The highest BCUT2D eigenvalue weighted by molar-refractivity contribution is 5.85. The second kappa shape index (κ2) is 6.16. The lowest BCUT2D eigenvalue weighted by Crippen LogP contribution is -2.14. The van der Waals surface area contributed by atoms with Crippen molar-refractivity contribution in [1.82, 2.24) is 0 Å². The Labute approximate surface area is 114 Å². The van der Waals surface area contributed by atoms with Gasteiger partial charge in [-0.05, 0) is 24.8 Å². The molecule has 5 heteroatoms. The molecule has 1 fully saturated rings. The van der Waals surface area contributed by atoms with Crippen LogP contribution in [0.1, 0.15) is 24.4 Å².